The van der Waals surface area contributed by atoms with Gasteiger partial charge >= 0.3 is 0 Å². The predicted octanol–water partition coefficient (Wildman–Crippen LogP) is 2.49. The standard InChI is InChI=1S/C14H28N2/c1-11(2)13-6-4-5-7-14(13)16-9-8-12(10-16)15-3/h11-15H,4-10H2,1-3H3. The van der Waals surface area contributed by atoms with E-state index in [4.69, 9.17) is 0 Å². The molecule has 94 valence electrons. The minimum absolute atomic E-state index is 0.745. The van der Waals surface area contributed by atoms with Crippen LogP contribution >= 0.6 is 0 Å². The number of nitrogens with one attached hydrogen (secondary N) is 1. The van der Waals surface area contributed by atoms with Gasteiger partial charge in [0.1, 0.15) is 0 Å². The van der Waals surface area contributed by atoms with Gasteiger partial charge in [-0.1, -0.05) is 26.7 Å². The zero-order valence-corrected chi connectivity index (χ0v) is 11.2. The quantitative estimate of drug-likeness (QED) is 0.792. The molecule has 1 N–H and O–H groups in total. The van der Waals surface area contributed by atoms with Crippen molar-refractivity contribution in [3.8, 4) is 0 Å². The van der Waals surface area contributed by atoms with Crippen LogP contribution in [-0.4, -0.2) is 37.1 Å². The second kappa shape index (κ2) is 5.50. The molecule has 1 saturated carbocycles. The number of hydrogen-bond acceptors (Lipinski definition) is 2. The average Bonchev–Trinajstić information content (AvgIpc) is 2.77. The smallest absolute Gasteiger partial charge is 0.0204 e. The van der Waals surface area contributed by atoms with E-state index < -0.39 is 0 Å². The maximum Gasteiger partial charge on any atom is 0.0204 e. The van der Waals surface area contributed by atoms with Crippen molar-refractivity contribution >= 4 is 0 Å². The Morgan fingerprint density at radius 1 is 1.12 bits per heavy atom. The van der Waals surface area contributed by atoms with Crippen LogP contribution in [0, 0.1) is 11.8 Å². The van der Waals surface area contributed by atoms with E-state index in [9.17, 15) is 0 Å². The van der Waals surface area contributed by atoms with Gasteiger partial charge in [-0.3, -0.25) is 4.90 Å². The van der Waals surface area contributed by atoms with Gasteiger partial charge in [0.15, 0.2) is 0 Å². The first-order valence-corrected chi connectivity index (χ1v) is 7.13. The van der Waals surface area contributed by atoms with Gasteiger partial charge in [-0.05, 0) is 38.1 Å². The van der Waals surface area contributed by atoms with Crippen molar-refractivity contribution in [3.05, 3.63) is 0 Å². The van der Waals surface area contributed by atoms with Crippen LogP contribution in [0.5, 0.6) is 0 Å². The third kappa shape index (κ3) is 2.60. The van der Waals surface area contributed by atoms with Crippen molar-refractivity contribution < 1.29 is 0 Å². The molecule has 2 fully saturated rings. The van der Waals surface area contributed by atoms with Gasteiger partial charge in [-0.25, -0.2) is 0 Å². The van der Waals surface area contributed by atoms with Crippen molar-refractivity contribution in [2.24, 2.45) is 11.8 Å². The Labute approximate surface area is 101 Å². The summed E-state index contributed by atoms with van der Waals surface area (Å²) in [4.78, 5) is 2.77. The average molecular weight is 224 g/mol. The molecule has 0 bridgehead atoms. The van der Waals surface area contributed by atoms with Crippen LogP contribution in [-0.2, 0) is 0 Å². The van der Waals surface area contributed by atoms with E-state index in [2.05, 4.69) is 31.1 Å². The molecule has 0 radical (unpaired) electrons. The zero-order valence-electron chi connectivity index (χ0n) is 11.2. The molecular weight excluding hydrogens is 196 g/mol. The molecule has 1 aliphatic heterocycles. The topological polar surface area (TPSA) is 15.3 Å². The lowest BCUT2D eigenvalue weighted by Gasteiger charge is -2.40. The number of hydrogen-bond donors (Lipinski definition) is 1. The van der Waals surface area contributed by atoms with Gasteiger partial charge in [0.25, 0.3) is 0 Å². The van der Waals surface area contributed by atoms with Crippen LogP contribution in [0.4, 0.5) is 0 Å². The summed E-state index contributed by atoms with van der Waals surface area (Å²) < 4.78 is 0. The first-order valence-electron chi connectivity index (χ1n) is 7.13. The van der Waals surface area contributed by atoms with Crippen molar-refractivity contribution in [1.82, 2.24) is 10.2 Å². The molecule has 2 heteroatoms. The SMILES string of the molecule is CNC1CCN(C2CCCCC2C(C)C)C1. The summed E-state index contributed by atoms with van der Waals surface area (Å²) in [5.41, 5.74) is 0. The first-order chi connectivity index (χ1) is 7.72. The molecule has 1 saturated heterocycles. The van der Waals surface area contributed by atoms with Crippen LogP contribution in [0.15, 0.2) is 0 Å². The van der Waals surface area contributed by atoms with E-state index in [1.54, 1.807) is 0 Å². The third-order valence-electron chi connectivity index (χ3n) is 4.73. The lowest BCUT2D eigenvalue weighted by atomic mass is 9.77. The molecule has 0 aromatic rings. The van der Waals surface area contributed by atoms with Gasteiger partial charge < -0.3 is 5.32 Å². The third-order valence-corrected chi connectivity index (χ3v) is 4.73. The molecule has 2 aliphatic rings. The lowest BCUT2D eigenvalue weighted by molar-refractivity contribution is 0.0971. The van der Waals surface area contributed by atoms with Gasteiger partial charge in [0.2, 0.25) is 0 Å². The molecule has 3 unspecified atom stereocenters. The number of rotatable bonds is 3. The molecule has 1 aliphatic carbocycles. The molecule has 2 nitrogen and oxygen atoms in total. The van der Waals surface area contributed by atoms with E-state index in [0.717, 1.165) is 23.9 Å². The van der Waals surface area contributed by atoms with Crippen molar-refractivity contribution in [1.29, 1.82) is 0 Å². The molecular formula is C14H28N2. The van der Waals surface area contributed by atoms with Gasteiger partial charge in [-0.15, -0.1) is 0 Å². The fourth-order valence-corrected chi connectivity index (χ4v) is 3.70. The van der Waals surface area contributed by atoms with Gasteiger partial charge in [0, 0.05) is 25.2 Å². The second-order valence-corrected chi connectivity index (χ2v) is 6.03. The lowest BCUT2D eigenvalue weighted by Crippen LogP contribution is -2.44. The van der Waals surface area contributed by atoms with Gasteiger partial charge in [0.05, 0.1) is 0 Å². The maximum atomic E-state index is 3.44. The monoisotopic (exact) mass is 224 g/mol. The van der Waals surface area contributed by atoms with Crippen LogP contribution in [0.3, 0.4) is 0 Å². The highest BCUT2D eigenvalue weighted by Crippen LogP contribution is 2.34. The summed E-state index contributed by atoms with van der Waals surface area (Å²) in [7, 11) is 2.11. The Balaban J connectivity index is 1.95. The molecule has 0 aromatic heterocycles. The summed E-state index contributed by atoms with van der Waals surface area (Å²) >= 11 is 0. The predicted molar refractivity (Wildman–Crippen MR) is 69.6 cm³/mol. The number of likely N-dealkylation sites (N-methyl/N-ethyl adjacent to an activating group) is 1. The molecule has 3 atom stereocenters. The van der Waals surface area contributed by atoms with Crippen molar-refractivity contribution in [2.45, 2.75) is 58.0 Å². The van der Waals surface area contributed by atoms with E-state index >= 15 is 0 Å². The van der Waals surface area contributed by atoms with Crippen LogP contribution in [0.1, 0.15) is 46.0 Å². The minimum Gasteiger partial charge on any atom is -0.316 e. The highest BCUT2D eigenvalue weighted by molar-refractivity contribution is 4.90. The largest absolute Gasteiger partial charge is 0.316 e. The molecule has 0 spiro atoms. The Kier molecular flexibility index (Phi) is 4.26. The molecule has 16 heavy (non-hydrogen) atoms. The fraction of sp³-hybridized carbons (Fsp3) is 1.00. The van der Waals surface area contributed by atoms with Crippen LogP contribution in [0.2, 0.25) is 0 Å². The molecule has 2 rings (SSSR count). The van der Waals surface area contributed by atoms with E-state index in [-0.39, 0.29) is 0 Å². The Morgan fingerprint density at radius 3 is 2.50 bits per heavy atom. The normalized spacial score (nSPS) is 37.1. The number of likely N-dealkylation sites (tertiary alicyclic amines) is 1. The summed E-state index contributed by atoms with van der Waals surface area (Å²) in [6.45, 7) is 7.42. The molecule has 0 aromatic carbocycles. The van der Waals surface area contributed by atoms with E-state index in [1.807, 2.05) is 0 Å². The van der Waals surface area contributed by atoms with Crippen molar-refractivity contribution in [2.75, 3.05) is 20.1 Å². The van der Waals surface area contributed by atoms with Gasteiger partial charge in [-0.2, -0.15) is 0 Å². The second-order valence-electron chi connectivity index (χ2n) is 6.03. The zero-order chi connectivity index (χ0) is 11.5. The molecule has 0 amide bonds. The Morgan fingerprint density at radius 2 is 1.88 bits per heavy atom. The van der Waals surface area contributed by atoms with E-state index in [0.29, 0.717) is 0 Å². The summed E-state index contributed by atoms with van der Waals surface area (Å²) in [6.07, 6.45) is 7.16. The van der Waals surface area contributed by atoms with Crippen molar-refractivity contribution in [3.63, 3.8) is 0 Å². The Bertz CT molecular complexity index is 215. The van der Waals surface area contributed by atoms with E-state index in [1.165, 1.54) is 45.2 Å². The summed E-state index contributed by atoms with van der Waals surface area (Å²) in [5, 5.41) is 3.44. The highest BCUT2D eigenvalue weighted by atomic mass is 15.2. The molecule has 1 heterocycles. The van der Waals surface area contributed by atoms with Crippen LogP contribution in [0.25, 0.3) is 0 Å². The Hall–Kier alpha value is -0.0800. The fourth-order valence-electron chi connectivity index (χ4n) is 3.70. The summed E-state index contributed by atoms with van der Waals surface area (Å²) in [5.74, 6) is 1.81. The van der Waals surface area contributed by atoms with Crippen LogP contribution < -0.4 is 5.32 Å². The first kappa shape index (κ1) is 12.4. The number of nitrogens with zero attached hydrogens (tertiary/aromatic N) is 1. The maximum absolute atomic E-state index is 3.44. The summed E-state index contributed by atoms with van der Waals surface area (Å²) in [6, 6.07) is 1.63. The minimum atomic E-state index is 0.745. The highest BCUT2D eigenvalue weighted by Gasteiger charge is 2.35.